The van der Waals surface area contributed by atoms with Gasteiger partial charge in [0, 0.05) is 0 Å². The zero-order chi connectivity index (χ0) is 29.0. The van der Waals surface area contributed by atoms with Gasteiger partial charge in [-0.15, -0.1) is 6.42 Å². The smallest absolute Gasteiger partial charge is 0.0598 e. The Labute approximate surface area is 255 Å². The van der Waals surface area contributed by atoms with Crippen molar-refractivity contribution in [3.8, 4) is 12.3 Å². The summed E-state index contributed by atoms with van der Waals surface area (Å²) in [6, 6.07) is 0. The molecule has 0 N–H and O–H groups in total. The van der Waals surface area contributed by atoms with Gasteiger partial charge in [0.15, 0.2) is 0 Å². The van der Waals surface area contributed by atoms with Gasteiger partial charge in [-0.3, -0.25) is 4.90 Å². The first-order chi connectivity index (χ1) is 19.8. The lowest BCUT2D eigenvalue weighted by Gasteiger charge is -2.19. The second-order valence-electron chi connectivity index (χ2n) is 13.1. The Morgan fingerprint density at radius 2 is 0.525 bits per heavy atom. The van der Waals surface area contributed by atoms with Gasteiger partial charge in [0.1, 0.15) is 0 Å². The summed E-state index contributed by atoms with van der Waals surface area (Å²) in [5.41, 5.74) is 0. The third kappa shape index (κ3) is 33.7. The predicted molar refractivity (Wildman–Crippen MR) is 184 cm³/mol. The van der Waals surface area contributed by atoms with E-state index in [-0.39, 0.29) is 0 Å². The van der Waals surface area contributed by atoms with Crippen molar-refractivity contribution < 1.29 is 0 Å². The first-order valence-electron chi connectivity index (χ1n) is 19.0. The van der Waals surface area contributed by atoms with Gasteiger partial charge in [-0.2, -0.15) is 0 Å². The summed E-state index contributed by atoms with van der Waals surface area (Å²) in [4.78, 5) is 2.54. The van der Waals surface area contributed by atoms with E-state index >= 15 is 0 Å². The minimum absolute atomic E-state index is 0.845. The van der Waals surface area contributed by atoms with Crippen molar-refractivity contribution in [1.29, 1.82) is 0 Å². The lowest BCUT2D eigenvalue weighted by Crippen LogP contribution is -2.26. The molecule has 238 valence electrons. The van der Waals surface area contributed by atoms with E-state index in [1.807, 2.05) is 0 Å². The van der Waals surface area contributed by atoms with Gasteiger partial charge in [-0.1, -0.05) is 212 Å². The summed E-state index contributed by atoms with van der Waals surface area (Å²) in [5, 5.41) is 0. The summed E-state index contributed by atoms with van der Waals surface area (Å²) >= 11 is 0. The molecule has 0 rings (SSSR count). The van der Waals surface area contributed by atoms with Crippen LogP contribution in [0.5, 0.6) is 0 Å². The predicted octanol–water partition coefficient (Wildman–Crippen LogP) is 13.4. The average Bonchev–Trinajstić information content (AvgIpc) is 2.96. The van der Waals surface area contributed by atoms with Crippen LogP contribution < -0.4 is 0 Å². The monoisotopic (exact) mass is 560 g/mol. The highest BCUT2D eigenvalue weighted by atomic mass is 15.1. The fraction of sp³-hybridized carbons (Fsp3) is 0.949. The quantitative estimate of drug-likeness (QED) is 0.0551. The van der Waals surface area contributed by atoms with Crippen molar-refractivity contribution in [2.75, 3.05) is 19.6 Å². The molecule has 0 aliphatic carbocycles. The maximum Gasteiger partial charge on any atom is 0.0598 e. The fourth-order valence-corrected chi connectivity index (χ4v) is 6.17. The van der Waals surface area contributed by atoms with Gasteiger partial charge in [-0.05, 0) is 25.9 Å². The van der Waals surface area contributed by atoms with Crippen LogP contribution >= 0.6 is 0 Å². The first kappa shape index (κ1) is 39.5. The average molecular weight is 560 g/mol. The lowest BCUT2D eigenvalue weighted by molar-refractivity contribution is 0.290. The van der Waals surface area contributed by atoms with Gasteiger partial charge in [0.25, 0.3) is 0 Å². The summed E-state index contributed by atoms with van der Waals surface area (Å²) in [6.45, 7) is 7.87. The first-order valence-corrected chi connectivity index (χ1v) is 19.0. The van der Waals surface area contributed by atoms with Crippen LogP contribution in [0.3, 0.4) is 0 Å². The van der Waals surface area contributed by atoms with Crippen LogP contribution in [-0.4, -0.2) is 24.5 Å². The molecule has 0 aromatic rings. The molecule has 0 aromatic heterocycles. The Bertz CT molecular complexity index is 442. The van der Waals surface area contributed by atoms with Gasteiger partial charge >= 0.3 is 0 Å². The molecule has 0 aromatic carbocycles. The minimum atomic E-state index is 0.845. The van der Waals surface area contributed by atoms with Gasteiger partial charge in [0.05, 0.1) is 6.54 Å². The van der Waals surface area contributed by atoms with Crippen LogP contribution in [0, 0.1) is 12.3 Å². The summed E-state index contributed by atoms with van der Waals surface area (Å²) < 4.78 is 0. The molecule has 1 heteroatoms. The molecule has 0 spiro atoms. The van der Waals surface area contributed by atoms with Crippen molar-refractivity contribution in [2.45, 2.75) is 219 Å². The zero-order valence-corrected chi connectivity index (χ0v) is 28.3. The molecule has 0 aliphatic rings. The number of terminal acetylenes is 1. The normalized spacial score (nSPS) is 11.4. The van der Waals surface area contributed by atoms with Crippen molar-refractivity contribution in [3.05, 3.63) is 0 Å². The Morgan fingerprint density at radius 1 is 0.325 bits per heavy atom. The van der Waals surface area contributed by atoms with Gasteiger partial charge in [0.2, 0.25) is 0 Å². The Kier molecular flexibility index (Phi) is 36.1. The lowest BCUT2D eigenvalue weighted by atomic mass is 10.0. The minimum Gasteiger partial charge on any atom is -0.292 e. The molecule has 0 bridgehead atoms. The highest BCUT2D eigenvalue weighted by Gasteiger charge is 2.03. The fourth-order valence-electron chi connectivity index (χ4n) is 6.17. The number of hydrogen-bond acceptors (Lipinski definition) is 1. The van der Waals surface area contributed by atoms with Crippen molar-refractivity contribution in [2.24, 2.45) is 0 Å². The highest BCUT2D eigenvalue weighted by Crippen LogP contribution is 2.15. The molecular weight excluding hydrogens is 482 g/mol. The molecule has 0 aliphatic heterocycles. The van der Waals surface area contributed by atoms with Crippen LogP contribution in [0.4, 0.5) is 0 Å². The topological polar surface area (TPSA) is 3.24 Å². The molecule has 0 atom stereocenters. The second kappa shape index (κ2) is 36.5. The van der Waals surface area contributed by atoms with Gasteiger partial charge in [-0.25, -0.2) is 0 Å². The number of rotatable bonds is 35. The molecular formula is C39H77N. The van der Waals surface area contributed by atoms with E-state index in [9.17, 15) is 0 Å². The SMILES string of the molecule is C#CCN(CCCCCCCCCCCCCCCCCC)CCCCCCCCCCCCCCCCCC. The van der Waals surface area contributed by atoms with E-state index in [0.717, 1.165) is 6.54 Å². The molecule has 0 saturated heterocycles. The maximum atomic E-state index is 5.66. The van der Waals surface area contributed by atoms with E-state index in [4.69, 9.17) is 6.42 Å². The Hall–Kier alpha value is -0.480. The second-order valence-corrected chi connectivity index (χ2v) is 13.1. The van der Waals surface area contributed by atoms with Crippen LogP contribution in [-0.2, 0) is 0 Å². The standard InChI is InChI=1S/C39H77N/c1-4-7-9-11-13-15-17-19-21-23-25-27-29-31-33-35-38-40(37-6-3)39-36-34-32-30-28-26-24-22-20-18-16-14-12-10-8-5-2/h3H,4-5,7-39H2,1-2H3. The zero-order valence-electron chi connectivity index (χ0n) is 28.3. The number of hydrogen-bond donors (Lipinski definition) is 0. The van der Waals surface area contributed by atoms with Crippen molar-refractivity contribution in [3.63, 3.8) is 0 Å². The van der Waals surface area contributed by atoms with E-state index in [2.05, 4.69) is 24.7 Å². The van der Waals surface area contributed by atoms with E-state index in [1.165, 1.54) is 219 Å². The molecule has 0 heterocycles. The molecule has 40 heavy (non-hydrogen) atoms. The van der Waals surface area contributed by atoms with Crippen molar-refractivity contribution >= 4 is 0 Å². The highest BCUT2D eigenvalue weighted by molar-refractivity contribution is 4.88. The molecule has 0 amide bonds. The summed E-state index contributed by atoms with van der Waals surface area (Å²) in [7, 11) is 0. The third-order valence-corrected chi connectivity index (χ3v) is 8.97. The number of nitrogens with zero attached hydrogens (tertiary/aromatic N) is 1. The van der Waals surface area contributed by atoms with E-state index in [0.29, 0.717) is 0 Å². The third-order valence-electron chi connectivity index (χ3n) is 8.97. The van der Waals surface area contributed by atoms with E-state index in [1.54, 1.807) is 0 Å². The van der Waals surface area contributed by atoms with Crippen LogP contribution in [0.2, 0.25) is 0 Å². The summed E-state index contributed by atoms with van der Waals surface area (Å²) in [6.07, 6.45) is 51.7. The molecule has 0 radical (unpaired) electrons. The van der Waals surface area contributed by atoms with E-state index < -0.39 is 0 Å². The van der Waals surface area contributed by atoms with Crippen LogP contribution in [0.25, 0.3) is 0 Å². The van der Waals surface area contributed by atoms with Crippen LogP contribution in [0.15, 0.2) is 0 Å². The molecule has 0 fully saturated rings. The molecule has 0 unspecified atom stereocenters. The summed E-state index contributed by atoms with van der Waals surface area (Å²) in [5.74, 6) is 2.90. The number of unbranched alkanes of at least 4 members (excludes halogenated alkanes) is 30. The van der Waals surface area contributed by atoms with Crippen LogP contribution in [0.1, 0.15) is 219 Å². The Morgan fingerprint density at radius 3 is 0.725 bits per heavy atom. The van der Waals surface area contributed by atoms with Gasteiger partial charge < -0.3 is 0 Å². The molecule has 1 nitrogen and oxygen atoms in total. The Balaban J connectivity index is 3.36. The largest absolute Gasteiger partial charge is 0.292 e. The maximum absolute atomic E-state index is 5.66. The molecule has 0 saturated carbocycles. The van der Waals surface area contributed by atoms with Crippen molar-refractivity contribution in [1.82, 2.24) is 4.90 Å².